The molecule has 0 unspecified atom stereocenters. The van der Waals surface area contributed by atoms with Crippen LogP contribution in [0.3, 0.4) is 0 Å². The van der Waals surface area contributed by atoms with Gasteiger partial charge in [0.1, 0.15) is 5.82 Å². The first-order chi connectivity index (χ1) is 11.5. The van der Waals surface area contributed by atoms with Crippen molar-refractivity contribution in [2.24, 2.45) is 0 Å². The summed E-state index contributed by atoms with van der Waals surface area (Å²) in [6.07, 6.45) is 0. The molecule has 120 valence electrons. The van der Waals surface area contributed by atoms with Crippen LogP contribution in [0.1, 0.15) is 5.82 Å². The Labute approximate surface area is 147 Å². The summed E-state index contributed by atoms with van der Waals surface area (Å²) in [7, 11) is -3.76. The minimum atomic E-state index is -3.76. The number of benzene rings is 3. The van der Waals surface area contributed by atoms with E-state index in [2.05, 4.69) is 20.9 Å². The van der Waals surface area contributed by atoms with E-state index in [1.807, 2.05) is 42.5 Å². The number of fused-ring (bicyclic) bond motifs is 2. The lowest BCUT2D eigenvalue weighted by molar-refractivity contribution is 0.588. The highest BCUT2D eigenvalue weighted by Gasteiger charge is 2.24. The monoisotopic (exact) mass is 400 g/mol. The van der Waals surface area contributed by atoms with Crippen LogP contribution in [0.4, 0.5) is 0 Å². The van der Waals surface area contributed by atoms with Crippen molar-refractivity contribution in [3.8, 4) is 0 Å². The van der Waals surface area contributed by atoms with Crippen LogP contribution < -0.4 is 0 Å². The van der Waals surface area contributed by atoms with Gasteiger partial charge >= 0.3 is 0 Å². The Hall–Kier alpha value is -2.18. The number of imidazole rings is 1. The van der Waals surface area contributed by atoms with Crippen molar-refractivity contribution in [3.05, 3.63) is 71.0 Å². The van der Waals surface area contributed by atoms with Crippen LogP contribution in [0, 0.1) is 6.92 Å². The predicted molar refractivity (Wildman–Crippen MR) is 98.7 cm³/mol. The molecule has 1 aromatic heterocycles. The maximum Gasteiger partial charge on any atom is 0.270 e. The molecule has 0 spiro atoms. The summed E-state index contributed by atoms with van der Waals surface area (Å²) in [4.78, 5) is 4.65. The Kier molecular flexibility index (Phi) is 3.47. The van der Waals surface area contributed by atoms with E-state index in [0.29, 0.717) is 22.2 Å². The standard InChI is InChI=1S/C18H13BrN2O2S/c1-12-20-16-8-4-5-9-17(16)21(12)24(22,23)18-11-10-15(19)13-6-2-3-7-14(13)18/h2-11H,1H3. The molecule has 0 fully saturated rings. The molecule has 6 heteroatoms. The van der Waals surface area contributed by atoms with Gasteiger partial charge in [0, 0.05) is 9.86 Å². The van der Waals surface area contributed by atoms with Gasteiger partial charge in [-0.25, -0.2) is 17.4 Å². The highest BCUT2D eigenvalue weighted by molar-refractivity contribution is 9.10. The summed E-state index contributed by atoms with van der Waals surface area (Å²) in [5, 5.41) is 1.55. The maximum atomic E-state index is 13.4. The molecule has 0 saturated carbocycles. The molecule has 0 N–H and O–H groups in total. The summed E-state index contributed by atoms with van der Waals surface area (Å²) in [6, 6.07) is 18.1. The molecule has 1 heterocycles. The third-order valence-corrected chi connectivity index (χ3v) is 6.57. The van der Waals surface area contributed by atoms with E-state index < -0.39 is 10.0 Å². The molecule has 0 atom stereocenters. The third kappa shape index (κ3) is 2.17. The van der Waals surface area contributed by atoms with Gasteiger partial charge in [0.15, 0.2) is 0 Å². The summed E-state index contributed by atoms with van der Waals surface area (Å²) in [5.41, 5.74) is 1.25. The molecule has 0 aliphatic heterocycles. The number of hydrogen-bond donors (Lipinski definition) is 0. The molecular weight excluding hydrogens is 388 g/mol. The van der Waals surface area contributed by atoms with Gasteiger partial charge in [0.05, 0.1) is 15.9 Å². The molecule has 0 aliphatic rings. The number of rotatable bonds is 2. The second-order valence-corrected chi connectivity index (χ2v) is 8.12. The highest BCUT2D eigenvalue weighted by Crippen LogP contribution is 2.32. The molecule has 0 aliphatic carbocycles. The maximum absolute atomic E-state index is 13.4. The Morgan fingerprint density at radius 2 is 1.58 bits per heavy atom. The van der Waals surface area contributed by atoms with Crippen molar-refractivity contribution in [1.29, 1.82) is 0 Å². The molecular formula is C18H13BrN2O2S. The molecule has 0 bridgehead atoms. The van der Waals surface area contributed by atoms with E-state index in [1.54, 1.807) is 25.1 Å². The van der Waals surface area contributed by atoms with E-state index in [-0.39, 0.29) is 4.90 Å². The zero-order chi connectivity index (χ0) is 16.9. The largest absolute Gasteiger partial charge is 0.270 e. The SMILES string of the molecule is Cc1nc2ccccc2n1S(=O)(=O)c1ccc(Br)c2ccccc12. The molecule has 3 aromatic carbocycles. The summed E-state index contributed by atoms with van der Waals surface area (Å²) >= 11 is 3.49. The fourth-order valence-corrected chi connectivity index (χ4v) is 5.16. The minimum Gasteiger partial charge on any atom is -0.232 e. The van der Waals surface area contributed by atoms with Crippen molar-refractivity contribution in [2.45, 2.75) is 11.8 Å². The van der Waals surface area contributed by atoms with E-state index in [0.717, 1.165) is 9.86 Å². The fraction of sp³-hybridized carbons (Fsp3) is 0.0556. The first kappa shape index (κ1) is 15.4. The van der Waals surface area contributed by atoms with Crippen molar-refractivity contribution < 1.29 is 8.42 Å². The van der Waals surface area contributed by atoms with Crippen molar-refractivity contribution >= 4 is 47.8 Å². The van der Waals surface area contributed by atoms with Crippen LogP contribution >= 0.6 is 15.9 Å². The van der Waals surface area contributed by atoms with Crippen molar-refractivity contribution in [1.82, 2.24) is 8.96 Å². The van der Waals surface area contributed by atoms with Gasteiger partial charge in [0.2, 0.25) is 0 Å². The summed E-state index contributed by atoms with van der Waals surface area (Å²) in [6.45, 7) is 1.71. The van der Waals surface area contributed by atoms with E-state index >= 15 is 0 Å². The lowest BCUT2D eigenvalue weighted by Crippen LogP contribution is -2.15. The van der Waals surface area contributed by atoms with Gasteiger partial charge in [-0.3, -0.25) is 0 Å². The van der Waals surface area contributed by atoms with Gasteiger partial charge in [-0.05, 0) is 36.6 Å². The zero-order valence-corrected chi connectivity index (χ0v) is 15.2. The lowest BCUT2D eigenvalue weighted by atomic mass is 10.1. The van der Waals surface area contributed by atoms with E-state index in [9.17, 15) is 8.42 Å². The number of para-hydroxylation sites is 2. The lowest BCUT2D eigenvalue weighted by Gasteiger charge is -2.12. The Morgan fingerprint density at radius 1 is 0.917 bits per heavy atom. The van der Waals surface area contributed by atoms with Crippen molar-refractivity contribution in [3.63, 3.8) is 0 Å². The van der Waals surface area contributed by atoms with Crippen LogP contribution in [0.5, 0.6) is 0 Å². The highest BCUT2D eigenvalue weighted by atomic mass is 79.9. The Balaban J connectivity index is 2.09. The minimum absolute atomic E-state index is 0.271. The number of nitrogens with zero attached hydrogens (tertiary/aromatic N) is 2. The first-order valence-electron chi connectivity index (χ1n) is 7.37. The van der Waals surface area contributed by atoms with Crippen LogP contribution in [-0.4, -0.2) is 17.4 Å². The van der Waals surface area contributed by atoms with Gasteiger partial charge in [-0.15, -0.1) is 0 Å². The van der Waals surface area contributed by atoms with Gasteiger partial charge in [0.25, 0.3) is 10.0 Å². The van der Waals surface area contributed by atoms with Gasteiger partial charge < -0.3 is 0 Å². The molecule has 0 amide bonds. The van der Waals surface area contributed by atoms with Crippen LogP contribution in [0.15, 0.2) is 70.0 Å². The van der Waals surface area contributed by atoms with Crippen LogP contribution in [0.2, 0.25) is 0 Å². The van der Waals surface area contributed by atoms with Crippen LogP contribution in [-0.2, 0) is 10.0 Å². The molecule has 4 aromatic rings. The van der Waals surface area contributed by atoms with E-state index in [1.165, 1.54) is 3.97 Å². The normalized spacial score (nSPS) is 12.1. The molecule has 0 radical (unpaired) electrons. The smallest absolute Gasteiger partial charge is 0.232 e. The second kappa shape index (κ2) is 5.43. The quantitative estimate of drug-likeness (QED) is 0.497. The van der Waals surface area contributed by atoms with Crippen LogP contribution in [0.25, 0.3) is 21.8 Å². The number of aromatic nitrogens is 2. The van der Waals surface area contributed by atoms with Gasteiger partial charge in [-0.2, -0.15) is 0 Å². The number of aryl methyl sites for hydroxylation is 1. The summed E-state index contributed by atoms with van der Waals surface area (Å²) in [5.74, 6) is 0.447. The fourth-order valence-electron chi connectivity index (χ4n) is 2.99. The molecule has 4 nitrogen and oxygen atoms in total. The average molecular weight is 401 g/mol. The van der Waals surface area contributed by atoms with Crippen molar-refractivity contribution in [2.75, 3.05) is 0 Å². The molecule has 4 rings (SSSR count). The number of halogens is 1. The van der Waals surface area contributed by atoms with E-state index in [4.69, 9.17) is 0 Å². The molecule has 0 saturated heterocycles. The third-order valence-electron chi connectivity index (χ3n) is 4.03. The molecule has 24 heavy (non-hydrogen) atoms. The average Bonchev–Trinajstić information content (AvgIpc) is 2.91. The Bertz CT molecular complexity index is 1200. The predicted octanol–water partition coefficient (Wildman–Crippen LogP) is 4.50. The second-order valence-electron chi connectivity index (χ2n) is 5.51. The Morgan fingerprint density at radius 3 is 2.38 bits per heavy atom. The van der Waals surface area contributed by atoms with Gasteiger partial charge in [-0.1, -0.05) is 52.3 Å². The zero-order valence-electron chi connectivity index (χ0n) is 12.8. The topological polar surface area (TPSA) is 52.0 Å². The number of hydrogen-bond acceptors (Lipinski definition) is 3. The summed E-state index contributed by atoms with van der Waals surface area (Å²) < 4.78 is 28.9. The first-order valence-corrected chi connectivity index (χ1v) is 9.60.